The van der Waals surface area contributed by atoms with Gasteiger partial charge in [-0.3, -0.25) is 4.90 Å². The van der Waals surface area contributed by atoms with Crippen LogP contribution in [0.15, 0.2) is 29.6 Å². The third-order valence-corrected chi connectivity index (χ3v) is 4.50. The number of likely N-dealkylation sites (N-methyl/N-ethyl adjacent to an activating group) is 1. The van der Waals surface area contributed by atoms with Crippen molar-refractivity contribution in [3.8, 4) is 11.3 Å². The molecule has 112 valence electrons. The molecular formula is C15H17FN2O2S. The Morgan fingerprint density at radius 1 is 1.38 bits per heavy atom. The summed E-state index contributed by atoms with van der Waals surface area (Å²) in [6, 6.07) is 6.35. The predicted molar refractivity (Wildman–Crippen MR) is 79.6 cm³/mol. The van der Waals surface area contributed by atoms with Crippen LogP contribution in [0, 0.1) is 5.82 Å². The van der Waals surface area contributed by atoms with E-state index in [1.54, 1.807) is 23.5 Å². The Balaban J connectivity index is 1.69. The van der Waals surface area contributed by atoms with E-state index in [2.05, 4.69) is 9.88 Å². The predicted octanol–water partition coefficient (Wildman–Crippen LogP) is 2.14. The number of halogens is 1. The SMILES string of the molecule is CN(Cc1nc(-c2ccc(F)cc2)cs1)[C@H]1COC[C@@H]1O. The maximum absolute atomic E-state index is 12.9. The van der Waals surface area contributed by atoms with Crippen LogP contribution in [0.1, 0.15) is 5.01 Å². The summed E-state index contributed by atoms with van der Waals surface area (Å²) in [5.41, 5.74) is 1.76. The second-order valence-electron chi connectivity index (χ2n) is 5.22. The first kappa shape index (κ1) is 14.6. The molecule has 2 atom stereocenters. The first-order valence-corrected chi connectivity index (χ1v) is 7.68. The van der Waals surface area contributed by atoms with Gasteiger partial charge in [-0.25, -0.2) is 9.37 Å². The lowest BCUT2D eigenvalue weighted by molar-refractivity contribution is 0.0925. The zero-order valence-electron chi connectivity index (χ0n) is 11.7. The number of benzene rings is 1. The summed E-state index contributed by atoms with van der Waals surface area (Å²) < 4.78 is 18.2. The van der Waals surface area contributed by atoms with Gasteiger partial charge in [0.25, 0.3) is 0 Å². The van der Waals surface area contributed by atoms with E-state index in [1.807, 2.05) is 12.4 Å². The summed E-state index contributed by atoms with van der Waals surface area (Å²) in [6.07, 6.45) is -0.438. The molecule has 1 saturated heterocycles. The zero-order valence-corrected chi connectivity index (χ0v) is 12.5. The van der Waals surface area contributed by atoms with Crippen LogP contribution in [0.2, 0.25) is 0 Å². The van der Waals surface area contributed by atoms with Gasteiger partial charge in [0.1, 0.15) is 10.8 Å². The lowest BCUT2D eigenvalue weighted by Crippen LogP contribution is -2.39. The molecule has 1 aromatic heterocycles. The number of hydrogen-bond acceptors (Lipinski definition) is 5. The van der Waals surface area contributed by atoms with E-state index in [0.29, 0.717) is 19.8 Å². The number of thiazole rings is 1. The van der Waals surface area contributed by atoms with Crippen molar-refractivity contribution in [1.29, 1.82) is 0 Å². The largest absolute Gasteiger partial charge is 0.389 e. The van der Waals surface area contributed by atoms with E-state index >= 15 is 0 Å². The molecule has 2 aromatic rings. The van der Waals surface area contributed by atoms with Gasteiger partial charge in [0.05, 0.1) is 37.6 Å². The molecule has 0 unspecified atom stereocenters. The fraction of sp³-hybridized carbons (Fsp3) is 0.400. The Morgan fingerprint density at radius 3 is 2.81 bits per heavy atom. The molecule has 0 radical (unpaired) electrons. The molecule has 0 bridgehead atoms. The highest BCUT2D eigenvalue weighted by molar-refractivity contribution is 7.09. The summed E-state index contributed by atoms with van der Waals surface area (Å²) in [6.45, 7) is 1.61. The Kier molecular flexibility index (Phi) is 4.30. The van der Waals surface area contributed by atoms with Gasteiger partial charge in [-0.05, 0) is 31.3 Å². The number of rotatable bonds is 4. The minimum atomic E-state index is -0.438. The number of ether oxygens (including phenoxy) is 1. The number of aliphatic hydroxyl groups excluding tert-OH is 1. The van der Waals surface area contributed by atoms with Gasteiger partial charge in [-0.2, -0.15) is 0 Å². The fourth-order valence-electron chi connectivity index (χ4n) is 2.42. The van der Waals surface area contributed by atoms with Crippen LogP contribution in [0.5, 0.6) is 0 Å². The topological polar surface area (TPSA) is 45.6 Å². The van der Waals surface area contributed by atoms with Crippen LogP contribution >= 0.6 is 11.3 Å². The van der Waals surface area contributed by atoms with Crippen LogP contribution in [-0.2, 0) is 11.3 Å². The molecule has 21 heavy (non-hydrogen) atoms. The molecular weight excluding hydrogens is 291 g/mol. The van der Waals surface area contributed by atoms with Gasteiger partial charge in [-0.1, -0.05) is 0 Å². The van der Waals surface area contributed by atoms with Gasteiger partial charge >= 0.3 is 0 Å². The van der Waals surface area contributed by atoms with Gasteiger partial charge < -0.3 is 9.84 Å². The van der Waals surface area contributed by atoms with E-state index in [0.717, 1.165) is 16.3 Å². The lowest BCUT2D eigenvalue weighted by Gasteiger charge is -2.24. The average molecular weight is 308 g/mol. The van der Waals surface area contributed by atoms with E-state index in [9.17, 15) is 9.50 Å². The molecule has 1 aliphatic rings. The maximum atomic E-state index is 12.9. The molecule has 1 fully saturated rings. The molecule has 1 N–H and O–H groups in total. The fourth-order valence-corrected chi connectivity index (χ4v) is 3.29. The van der Waals surface area contributed by atoms with Crippen molar-refractivity contribution in [3.63, 3.8) is 0 Å². The van der Waals surface area contributed by atoms with Gasteiger partial charge in [-0.15, -0.1) is 11.3 Å². The number of hydrogen-bond donors (Lipinski definition) is 1. The van der Waals surface area contributed by atoms with Gasteiger partial charge in [0.15, 0.2) is 0 Å². The summed E-state index contributed by atoms with van der Waals surface area (Å²) in [4.78, 5) is 6.64. The van der Waals surface area contributed by atoms with Crippen molar-refractivity contribution >= 4 is 11.3 Å². The molecule has 0 aliphatic carbocycles. The van der Waals surface area contributed by atoms with E-state index in [1.165, 1.54) is 12.1 Å². The van der Waals surface area contributed by atoms with Crippen molar-refractivity contribution in [2.24, 2.45) is 0 Å². The quantitative estimate of drug-likeness (QED) is 0.940. The van der Waals surface area contributed by atoms with Crippen LogP contribution in [0.4, 0.5) is 4.39 Å². The minimum absolute atomic E-state index is 0.0168. The minimum Gasteiger partial charge on any atom is -0.389 e. The first-order valence-electron chi connectivity index (χ1n) is 6.80. The molecule has 0 amide bonds. The Labute approximate surface area is 126 Å². The van der Waals surface area contributed by atoms with E-state index in [4.69, 9.17) is 4.74 Å². The normalized spacial score (nSPS) is 22.1. The van der Waals surface area contributed by atoms with Crippen LogP contribution in [-0.4, -0.2) is 47.4 Å². The van der Waals surface area contributed by atoms with Crippen molar-refractivity contribution in [2.75, 3.05) is 20.3 Å². The standard InChI is InChI=1S/C15H17FN2O2S/c1-18(13-7-20-8-14(13)19)6-15-17-12(9-21-15)10-2-4-11(16)5-3-10/h2-5,9,13-14,19H,6-8H2,1H3/t13-,14-/m0/s1. The highest BCUT2D eigenvalue weighted by atomic mass is 32.1. The van der Waals surface area contributed by atoms with Crippen molar-refractivity contribution < 1.29 is 14.2 Å². The second kappa shape index (κ2) is 6.19. The molecule has 2 heterocycles. The Hall–Kier alpha value is -1.34. The lowest BCUT2D eigenvalue weighted by atomic mass is 10.2. The molecule has 6 heteroatoms. The van der Waals surface area contributed by atoms with Gasteiger partial charge in [0.2, 0.25) is 0 Å². The number of nitrogens with zero attached hydrogens (tertiary/aromatic N) is 2. The molecule has 4 nitrogen and oxygen atoms in total. The zero-order chi connectivity index (χ0) is 14.8. The molecule has 3 rings (SSSR count). The molecule has 1 aromatic carbocycles. The van der Waals surface area contributed by atoms with Crippen LogP contribution in [0.3, 0.4) is 0 Å². The monoisotopic (exact) mass is 308 g/mol. The molecule has 0 spiro atoms. The van der Waals surface area contributed by atoms with Crippen LogP contribution < -0.4 is 0 Å². The smallest absolute Gasteiger partial charge is 0.123 e. The van der Waals surface area contributed by atoms with Gasteiger partial charge in [0, 0.05) is 10.9 Å². The third kappa shape index (κ3) is 3.29. The third-order valence-electron chi connectivity index (χ3n) is 3.66. The van der Waals surface area contributed by atoms with Crippen LogP contribution in [0.25, 0.3) is 11.3 Å². The molecule has 1 aliphatic heterocycles. The number of aromatic nitrogens is 1. The summed E-state index contributed by atoms with van der Waals surface area (Å²) in [5.74, 6) is -0.246. The maximum Gasteiger partial charge on any atom is 0.123 e. The summed E-state index contributed by atoms with van der Waals surface area (Å²) in [5, 5.41) is 12.8. The van der Waals surface area contributed by atoms with E-state index in [-0.39, 0.29) is 11.9 Å². The highest BCUT2D eigenvalue weighted by Gasteiger charge is 2.29. The summed E-state index contributed by atoms with van der Waals surface area (Å²) in [7, 11) is 1.96. The van der Waals surface area contributed by atoms with Crippen molar-refractivity contribution in [1.82, 2.24) is 9.88 Å². The van der Waals surface area contributed by atoms with E-state index < -0.39 is 6.10 Å². The average Bonchev–Trinajstić information content (AvgIpc) is 3.09. The van der Waals surface area contributed by atoms with Crippen molar-refractivity contribution in [3.05, 3.63) is 40.5 Å². The first-order chi connectivity index (χ1) is 10.1. The second-order valence-corrected chi connectivity index (χ2v) is 6.16. The Bertz CT molecular complexity index is 602. The number of aliphatic hydroxyl groups is 1. The Morgan fingerprint density at radius 2 is 2.14 bits per heavy atom. The highest BCUT2D eigenvalue weighted by Crippen LogP contribution is 2.24. The summed E-state index contributed by atoms with van der Waals surface area (Å²) >= 11 is 1.57. The van der Waals surface area contributed by atoms with Crippen molar-refractivity contribution in [2.45, 2.75) is 18.7 Å². The molecule has 0 saturated carbocycles.